The fourth-order valence-corrected chi connectivity index (χ4v) is 0.968. The number of rotatable bonds is 3. The minimum atomic E-state index is -0.0601. The van der Waals surface area contributed by atoms with Gasteiger partial charge in [0.2, 0.25) is 0 Å². The molecule has 0 saturated carbocycles. The molecule has 0 fully saturated rings. The van der Waals surface area contributed by atoms with Crippen LogP contribution in [0.5, 0.6) is 0 Å². The van der Waals surface area contributed by atoms with E-state index in [0.29, 0.717) is 0 Å². The second-order valence-corrected chi connectivity index (χ2v) is 3.09. The van der Waals surface area contributed by atoms with Gasteiger partial charge in [-0.15, -0.1) is 0 Å². The molecule has 0 saturated heterocycles. The van der Waals surface area contributed by atoms with Gasteiger partial charge in [0.1, 0.15) is 0 Å². The van der Waals surface area contributed by atoms with Crippen LogP contribution in [0, 0.1) is 0 Å². The smallest absolute Gasteiger partial charge is 0.252 e. The van der Waals surface area contributed by atoms with Gasteiger partial charge in [0.25, 0.3) is 5.56 Å². The van der Waals surface area contributed by atoms with Crippen molar-refractivity contribution in [1.82, 2.24) is 4.57 Å². The topological polar surface area (TPSA) is 54.3 Å². The van der Waals surface area contributed by atoms with Crippen molar-refractivity contribution in [1.29, 1.82) is 0 Å². The predicted octanol–water partition coefficient (Wildman–Crippen LogP) is 0.178. The third-order valence-corrected chi connectivity index (χ3v) is 1.79. The van der Waals surface area contributed by atoms with Crippen LogP contribution in [0.3, 0.4) is 0 Å². The van der Waals surface area contributed by atoms with E-state index in [0.717, 1.165) is 5.69 Å². The Morgan fingerprint density at radius 2 is 2.38 bits per heavy atom. The summed E-state index contributed by atoms with van der Waals surface area (Å²) in [6, 6.07) is 3.27. The Bertz CT molecular complexity index is 333. The normalized spacial score (nSPS) is 12.5. The van der Waals surface area contributed by atoms with Crippen molar-refractivity contribution in [3.8, 4) is 0 Å². The maximum Gasteiger partial charge on any atom is 0.252 e. The van der Waals surface area contributed by atoms with Gasteiger partial charge in [-0.05, 0) is 13.0 Å². The van der Waals surface area contributed by atoms with E-state index in [2.05, 4.69) is 5.32 Å². The first-order valence-electron chi connectivity index (χ1n) is 4.17. The molecule has 1 atom stereocenters. The monoisotopic (exact) mass is 182 g/mol. The van der Waals surface area contributed by atoms with E-state index >= 15 is 0 Å². The lowest BCUT2D eigenvalue weighted by molar-refractivity contribution is 0.281. The van der Waals surface area contributed by atoms with Gasteiger partial charge in [-0.3, -0.25) is 4.79 Å². The third kappa shape index (κ3) is 2.59. The standard InChI is InChI=1S/C9H14N2O2/c1-7(6-12)10-8-3-4-11(2)9(13)5-8/h3-5,7,10,12H,6H2,1-2H3. The SMILES string of the molecule is CC(CO)Nc1ccn(C)c(=O)c1. The lowest BCUT2D eigenvalue weighted by Crippen LogP contribution is -2.22. The Balaban J connectivity index is 2.80. The number of anilines is 1. The molecule has 1 aromatic rings. The number of aromatic nitrogens is 1. The number of hydrogen-bond donors (Lipinski definition) is 2. The van der Waals surface area contributed by atoms with E-state index in [9.17, 15) is 4.79 Å². The summed E-state index contributed by atoms with van der Waals surface area (Å²) in [5.41, 5.74) is 0.680. The molecule has 4 heteroatoms. The Morgan fingerprint density at radius 3 is 2.92 bits per heavy atom. The summed E-state index contributed by atoms with van der Waals surface area (Å²) in [4.78, 5) is 11.2. The molecule has 4 nitrogen and oxygen atoms in total. The van der Waals surface area contributed by atoms with Gasteiger partial charge in [-0.25, -0.2) is 0 Å². The number of aliphatic hydroxyl groups excluding tert-OH is 1. The van der Waals surface area contributed by atoms with Crippen LogP contribution in [0.25, 0.3) is 0 Å². The summed E-state index contributed by atoms with van der Waals surface area (Å²) in [6.45, 7) is 1.90. The molecule has 1 unspecified atom stereocenters. The molecular formula is C9H14N2O2. The average Bonchev–Trinajstić information content (AvgIpc) is 2.11. The predicted molar refractivity (Wildman–Crippen MR) is 51.9 cm³/mol. The second kappa shape index (κ2) is 4.09. The minimum Gasteiger partial charge on any atom is -0.394 e. The molecule has 72 valence electrons. The maximum atomic E-state index is 11.2. The zero-order valence-corrected chi connectivity index (χ0v) is 7.82. The van der Waals surface area contributed by atoms with E-state index < -0.39 is 0 Å². The van der Waals surface area contributed by atoms with Crippen LogP contribution in [0.1, 0.15) is 6.92 Å². The van der Waals surface area contributed by atoms with E-state index in [1.165, 1.54) is 10.6 Å². The summed E-state index contributed by atoms with van der Waals surface area (Å²) in [5, 5.41) is 11.8. The lowest BCUT2D eigenvalue weighted by Gasteiger charge is -2.11. The first-order chi connectivity index (χ1) is 6.13. The quantitative estimate of drug-likeness (QED) is 0.701. The van der Waals surface area contributed by atoms with E-state index in [1.807, 2.05) is 6.92 Å². The molecule has 0 aliphatic rings. The number of nitrogens with zero attached hydrogens (tertiary/aromatic N) is 1. The van der Waals surface area contributed by atoms with Gasteiger partial charge in [0, 0.05) is 31.0 Å². The number of pyridine rings is 1. The van der Waals surface area contributed by atoms with Crippen LogP contribution in [0.15, 0.2) is 23.1 Å². The number of aliphatic hydroxyl groups is 1. The van der Waals surface area contributed by atoms with Crippen molar-refractivity contribution in [2.45, 2.75) is 13.0 Å². The second-order valence-electron chi connectivity index (χ2n) is 3.09. The molecular weight excluding hydrogens is 168 g/mol. The van der Waals surface area contributed by atoms with Crippen LogP contribution in [0.4, 0.5) is 5.69 Å². The molecule has 1 heterocycles. The average molecular weight is 182 g/mol. The summed E-state index contributed by atoms with van der Waals surface area (Å²) in [7, 11) is 1.70. The maximum absolute atomic E-state index is 11.2. The van der Waals surface area contributed by atoms with Crippen LogP contribution in [0.2, 0.25) is 0 Å². The molecule has 0 aliphatic carbocycles. The summed E-state index contributed by atoms with van der Waals surface area (Å²) in [6.07, 6.45) is 1.69. The Morgan fingerprint density at radius 1 is 1.69 bits per heavy atom. The van der Waals surface area contributed by atoms with Crippen molar-refractivity contribution in [3.05, 3.63) is 28.7 Å². The van der Waals surface area contributed by atoms with Crippen molar-refractivity contribution in [2.24, 2.45) is 7.05 Å². The van der Waals surface area contributed by atoms with Crippen LogP contribution in [-0.4, -0.2) is 22.3 Å². The third-order valence-electron chi connectivity index (χ3n) is 1.79. The van der Waals surface area contributed by atoms with Gasteiger partial charge >= 0.3 is 0 Å². The molecule has 0 aromatic carbocycles. The highest BCUT2D eigenvalue weighted by Gasteiger charge is 2.00. The van der Waals surface area contributed by atoms with E-state index in [4.69, 9.17) is 5.11 Å². The molecule has 1 aromatic heterocycles. The van der Waals surface area contributed by atoms with E-state index in [1.54, 1.807) is 19.3 Å². The lowest BCUT2D eigenvalue weighted by atomic mass is 10.3. The zero-order chi connectivity index (χ0) is 9.84. The Labute approximate surface area is 76.8 Å². The molecule has 0 amide bonds. The number of aryl methyl sites for hydroxylation is 1. The van der Waals surface area contributed by atoms with Crippen molar-refractivity contribution in [3.63, 3.8) is 0 Å². The number of nitrogens with one attached hydrogen (secondary N) is 1. The highest BCUT2D eigenvalue weighted by Crippen LogP contribution is 2.03. The first-order valence-corrected chi connectivity index (χ1v) is 4.17. The Hall–Kier alpha value is -1.29. The van der Waals surface area contributed by atoms with Crippen LogP contribution in [-0.2, 0) is 7.05 Å². The molecule has 1 rings (SSSR count). The largest absolute Gasteiger partial charge is 0.394 e. The van der Waals surface area contributed by atoms with Crippen molar-refractivity contribution < 1.29 is 5.11 Å². The molecule has 0 spiro atoms. The first kappa shape index (κ1) is 9.80. The minimum absolute atomic E-state index is 0.0351. The van der Waals surface area contributed by atoms with Gasteiger partial charge < -0.3 is 15.0 Å². The van der Waals surface area contributed by atoms with Crippen molar-refractivity contribution >= 4 is 5.69 Å². The van der Waals surface area contributed by atoms with Gasteiger partial charge in [-0.1, -0.05) is 0 Å². The zero-order valence-electron chi connectivity index (χ0n) is 7.82. The van der Waals surface area contributed by atoms with Gasteiger partial charge in [0.15, 0.2) is 0 Å². The fourth-order valence-electron chi connectivity index (χ4n) is 0.968. The molecule has 0 aliphatic heterocycles. The van der Waals surface area contributed by atoms with Crippen LogP contribution < -0.4 is 10.9 Å². The molecule has 2 N–H and O–H groups in total. The molecule has 0 bridgehead atoms. The highest BCUT2D eigenvalue weighted by molar-refractivity contribution is 5.41. The summed E-state index contributed by atoms with van der Waals surface area (Å²) in [5.74, 6) is 0. The fraction of sp³-hybridized carbons (Fsp3) is 0.444. The van der Waals surface area contributed by atoms with Crippen LogP contribution >= 0.6 is 0 Å². The van der Waals surface area contributed by atoms with Gasteiger partial charge in [-0.2, -0.15) is 0 Å². The number of hydrogen-bond acceptors (Lipinski definition) is 3. The Kier molecular flexibility index (Phi) is 3.08. The van der Waals surface area contributed by atoms with E-state index in [-0.39, 0.29) is 18.2 Å². The van der Waals surface area contributed by atoms with Crippen molar-refractivity contribution in [2.75, 3.05) is 11.9 Å². The molecule has 13 heavy (non-hydrogen) atoms. The molecule has 0 radical (unpaired) electrons. The highest BCUT2D eigenvalue weighted by atomic mass is 16.3. The summed E-state index contributed by atoms with van der Waals surface area (Å²) < 4.78 is 1.49. The van der Waals surface area contributed by atoms with Gasteiger partial charge in [0.05, 0.1) is 6.61 Å². The summed E-state index contributed by atoms with van der Waals surface area (Å²) >= 11 is 0.